The molecule has 0 radical (unpaired) electrons. The van der Waals surface area contributed by atoms with Crippen molar-refractivity contribution in [1.29, 1.82) is 0 Å². The summed E-state index contributed by atoms with van der Waals surface area (Å²) in [5.41, 5.74) is 0. The van der Waals surface area contributed by atoms with Crippen molar-refractivity contribution < 1.29 is 0 Å². The van der Waals surface area contributed by atoms with Gasteiger partial charge in [0.05, 0.1) is 5.16 Å². The lowest BCUT2D eigenvalue weighted by Gasteiger charge is -2.35. The third kappa shape index (κ3) is 2.01. The Bertz CT molecular complexity index is 165. The minimum Gasteiger partial charge on any atom is -0.283 e. The predicted molar refractivity (Wildman–Crippen MR) is 49.6 cm³/mol. The first-order valence-electron chi connectivity index (χ1n) is 4.12. The molecule has 0 amide bonds. The Balaban J connectivity index is 2.62. The normalized spacial score (nSPS) is 31.3. The van der Waals surface area contributed by atoms with Crippen molar-refractivity contribution in [2.45, 2.75) is 45.2 Å². The molecule has 0 bridgehead atoms. The Labute approximate surface area is 73.3 Å². The molecule has 0 saturated carbocycles. The summed E-state index contributed by atoms with van der Waals surface area (Å²) in [5, 5.41) is 8.54. The van der Waals surface area contributed by atoms with E-state index in [0.717, 1.165) is 0 Å². The Morgan fingerprint density at radius 2 is 1.91 bits per heavy atom. The van der Waals surface area contributed by atoms with E-state index in [1.54, 1.807) is 0 Å². The number of isothiocyanates is 1. The van der Waals surface area contributed by atoms with Gasteiger partial charge in [0.25, 0.3) is 0 Å². The highest BCUT2D eigenvalue weighted by atomic mass is 32.1. The van der Waals surface area contributed by atoms with Gasteiger partial charge in [0.15, 0.2) is 0 Å². The van der Waals surface area contributed by atoms with Gasteiger partial charge in [-0.3, -0.25) is 5.01 Å². The molecule has 2 nitrogen and oxygen atoms in total. The Morgan fingerprint density at radius 1 is 1.36 bits per heavy atom. The van der Waals surface area contributed by atoms with Gasteiger partial charge in [-0.2, -0.15) is 0 Å². The average Bonchev–Trinajstić information content (AvgIpc) is 1.97. The number of hydrogen-bond donors (Lipinski definition) is 0. The summed E-state index contributed by atoms with van der Waals surface area (Å²) < 4.78 is 0. The highest BCUT2D eigenvalue weighted by Crippen LogP contribution is 2.21. The van der Waals surface area contributed by atoms with Gasteiger partial charge >= 0.3 is 0 Å². The zero-order chi connectivity index (χ0) is 8.27. The van der Waals surface area contributed by atoms with Crippen LogP contribution in [0.2, 0.25) is 0 Å². The van der Waals surface area contributed by atoms with Gasteiger partial charge in [0.2, 0.25) is 0 Å². The smallest absolute Gasteiger partial charge is 0.0846 e. The SMILES string of the molecule is CC1CCCC(C)N1N=C=S. The zero-order valence-corrected chi connectivity index (χ0v) is 7.90. The maximum absolute atomic E-state index is 4.58. The highest BCUT2D eigenvalue weighted by Gasteiger charge is 2.22. The zero-order valence-electron chi connectivity index (χ0n) is 7.08. The summed E-state index contributed by atoms with van der Waals surface area (Å²) in [6, 6.07) is 1.07. The fourth-order valence-electron chi connectivity index (χ4n) is 1.65. The third-order valence-corrected chi connectivity index (χ3v) is 2.38. The van der Waals surface area contributed by atoms with Gasteiger partial charge in [0.1, 0.15) is 0 Å². The fourth-order valence-corrected chi connectivity index (χ4v) is 1.75. The van der Waals surface area contributed by atoms with Gasteiger partial charge in [-0.25, -0.2) is 0 Å². The molecule has 1 aliphatic heterocycles. The van der Waals surface area contributed by atoms with E-state index >= 15 is 0 Å². The van der Waals surface area contributed by atoms with E-state index in [-0.39, 0.29) is 0 Å². The second kappa shape index (κ2) is 3.84. The third-order valence-electron chi connectivity index (χ3n) is 2.30. The molecule has 1 rings (SSSR count). The van der Waals surface area contributed by atoms with Gasteiger partial charge in [-0.15, -0.1) is 5.10 Å². The predicted octanol–water partition coefficient (Wildman–Crippen LogP) is 2.27. The maximum Gasteiger partial charge on any atom is 0.0846 e. The number of nitrogens with zero attached hydrogens (tertiary/aromatic N) is 2. The maximum atomic E-state index is 4.58. The Morgan fingerprint density at radius 3 is 2.36 bits per heavy atom. The fraction of sp³-hybridized carbons (Fsp3) is 0.875. The second-order valence-corrected chi connectivity index (χ2v) is 3.38. The topological polar surface area (TPSA) is 15.6 Å². The van der Waals surface area contributed by atoms with E-state index in [2.05, 4.69) is 41.3 Å². The Kier molecular flexibility index (Phi) is 3.03. The molecule has 1 fully saturated rings. The summed E-state index contributed by atoms with van der Waals surface area (Å²) >= 11 is 4.58. The van der Waals surface area contributed by atoms with Crippen molar-refractivity contribution in [2.24, 2.45) is 5.10 Å². The van der Waals surface area contributed by atoms with Crippen molar-refractivity contribution in [1.82, 2.24) is 5.01 Å². The highest BCUT2D eigenvalue weighted by molar-refractivity contribution is 7.78. The van der Waals surface area contributed by atoms with E-state index in [1.165, 1.54) is 19.3 Å². The van der Waals surface area contributed by atoms with Crippen LogP contribution >= 0.6 is 12.2 Å². The molecule has 0 aromatic rings. The molecule has 0 N–H and O–H groups in total. The number of rotatable bonds is 1. The van der Waals surface area contributed by atoms with Crippen molar-refractivity contribution in [3.63, 3.8) is 0 Å². The monoisotopic (exact) mass is 170 g/mol. The van der Waals surface area contributed by atoms with E-state index in [9.17, 15) is 0 Å². The molecular formula is C8H14N2S. The van der Waals surface area contributed by atoms with Crippen molar-refractivity contribution in [3.8, 4) is 0 Å². The van der Waals surface area contributed by atoms with Gasteiger partial charge in [-0.05, 0) is 45.3 Å². The quantitative estimate of drug-likeness (QED) is 0.443. The molecule has 2 unspecified atom stereocenters. The van der Waals surface area contributed by atoms with Crippen LogP contribution in [0.25, 0.3) is 0 Å². The van der Waals surface area contributed by atoms with Gasteiger partial charge < -0.3 is 0 Å². The summed E-state index contributed by atoms with van der Waals surface area (Å²) in [7, 11) is 0. The molecule has 2 atom stereocenters. The van der Waals surface area contributed by atoms with E-state index in [1.807, 2.05) is 0 Å². The minimum absolute atomic E-state index is 0.536. The molecule has 1 aliphatic rings. The summed E-state index contributed by atoms with van der Waals surface area (Å²) in [4.78, 5) is 0. The lowest BCUT2D eigenvalue weighted by Crippen LogP contribution is -2.39. The van der Waals surface area contributed by atoms with Crippen LogP contribution in [-0.2, 0) is 0 Å². The molecule has 1 heterocycles. The van der Waals surface area contributed by atoms with E-state index < -0.39 is 0 Å². The van der Waals surface area contributed by atoms with Gasteiger partial charge in [-0.1, -0.05) is 0 Å². The largest absolute Gasteiger partial charge is 0.283 e. The molecule has 62 valence electrons. The molecule has 0 aromatic heterocycles. The van der Waals surface area contributed by atoms with Crippen LogP contribution in [0.4, 0.5) is 0 Å². The number of hydrogen-bond acceptors (Lipinski definition) is 3. The first-order valence-corrected chi connectivity index (χ1v) is 4.52. The lowest BCUT2D eigenvalue weighted by atomic mass is 10.00. The van der Waals surface area contributed by atoms with Crippen molar-refractivity contribution >= 4 is 17.4 Å². The van der Waals surface area contributed by atoms with Crippen molar-refractivity contribution in [3.05, 3.63) is 0 Å². The van der Waals surface area contributed by atoms with Crippen LogP contribution in [0.5, 0.6) is 0 Å². The summed E-state index contributed by atoms with van der Waals surface area (Å²) in [5.74, 6) is 0. The molecule has 3 heteroatoms. The molecular weight excluding hydrogens is 156 g/mol. The molecule has 0 spiro atoms. The first-order chi connectivity index (χ1) is 5.25. The second-order valence-electron chi connectivity index (χ2n) is 3.20. The summed E-state index contributed by atoms with van der Waals surface area (Å²) in [6.07, 6.45) is 3.77. The Hall–Kier alpha value is -0.400. The lowest BCUT2D eigenvalue weighted by molar-refractivity contribution is 0.110. The molecule has 11 heavy (non-hydrogen) atoms. The first kappa shape index (κ1) is 8.69. The molecule has 0 aliphatic carbocycles. The number of piperidine rings is 1. The summed E-state index contributed by atoms with van der Waals surface area (Å²) in [6.45, 7) is 4.37. The van der Waals surface area contributed by atoms with Gasteiger partial charge in [0, 0.05) is 12.1 Å². The van der Waals surface area contributed by atoms with Crippen LogP contribution < -0.4 is 0 Å². The standard InChI is InChI=1S/C8H14N2S/c1-7-4-3-5-8(2)10(7)9-6-11/h7-8H,3-5H2,1-2H3. The number of thiocarbonyl (C=S) groups is 1. The molecule has 0 aromatic carbocycles. The average molecular weight is 170 g/mol. The van der Waals surface area contributed by atoms with E-state index in [4.69, 9.17) is 0 Å². The van der Waals surface area contributed by atoms with Crippen LogP contribution in [0.1, 0.15) is 33.1 Å². The van der Waals surface area contributed by atoms with Crippen LogP contribution in [0, 0.1) is 0 Å². The van der Waals surface area contributed by atoms with Crippen LogP contribution in [0.15, 0.2) is 5.10 Å². The van der Waals surface area contributed by atoms with E-state index in [0.29, 0.717) is 12.1 Å². The number of hydrazone groups is 1. The minimum atomic E-state index is 0.536. The van der Waals surface area contributed by atoms with Crippen molar-refractivity contribution in [2.75, 3.05) is 0 Å². The molecule has 1 saturated heterocycles. The van der Waals surface area contributed by atoms with Crippen LogP contribution in [0.3, 0.4) is 0 Å². The van der Waals surface area contributed by atoms with Crippen LogP contribution in [-0.4, -0.2) is 22.3 Å².